The first kappa shape index (κ1) is 23.5. The molecule has 0 aliphatic carbocycles. The molecule has 3 fully saturated rings. The Morgan fingerprint density at radius 2 is 1.65 bits per heavy atom. The highest BCUT2D eigenvalue weighted by Crippen LogP contribution is 2.26. The molecular weight excluding hydrogens is 402 g/mol. The molecule has 4 atom stereocenters. The number of carbonyl (C=O) groups excluding carboxylic acids is 3. The largest absolute Gasteiger partial charge is 0.480 e. The van der Waals surface area contributed by atoms with Crippen molar-refractivity contribution in [2.75, 3.05) is 26.2 Å². The average molecular weight is 438 g/mol. The Kier molecular flexibility index (Phi) is 8.25. The Morgan fingerprint density at radius 1 is 0.968 bits per heavy atom. The number of carbonyl (C=O) groups is 4. The molecule has 0 aromatic heterocycles. The SMILES string of the molecule is NCCCCC(NC(=O)C1CCCN1C(=O)C1CCCN1C(=O)C1CCCN1)C(=O)O. The summed E-state index contributed by atoms with van der Waals surface area (Å²) >= 11 is 0. The molecule has 0 saturated carbocycles. The van der Waals surface area contributed by atoms with E-state index >= 15 is 0 Å². The predicted molar refractivity (Wildman–Crippen MR) is 113 cm³/mol. The first-order valence-corrected chi connectivity index (χ1v) is 11.5. The number of aliphatic carboxylic acids is 1. The maximum Gasteiger partial charge on any atom is 0.326 e. The van der Waals surface area contributed by atoms with Crippen molar-refractivity contribution in [3.63, 3.8) is 0 Å². The average Bonchev–Trinajstić information content (AvgIpc) is 3.52. The van der Waals surface area contributed by atoms with E-state index in [0.717, 1.165) is 25.8 Å². The van der Waals surface area contributed by atoms with Gasteiger partial charge in [0.25, 0.3) is 0 Å². The number of unbranched alkanes of at least 4 members (excludes halogenated alkanes) is 1. The molecule has 3 amide bonds. The molecule has 3 rings (SSSR count). The number of nitrogens with one attached hydrogen (secondary N) is 2. The number of hydrogen-bond donors (Lipinski definition) is 4. The fourth-order valence-electron chi connectivity index (χ4n) is 4.90. The lowest BCUT2D eigenvalue weighted by Crippen LogP contribution is -2.56. The number of amides is 3. The summed E-state index contributed by atoms with van der Waals surface area (Å²) in [6.07, 6.45) is 5.87. The number of nitrogens with zero attached hydrogens (tertiary/aromatic N) is 2. The van der Waals surface area contributed by atoms with Gasteiger partial charge in [-0.25, -0.2) is 4.79 Å². The minimum atomic E-state index is -1.09. The first-order valence-electron chi connectivity index (χ1n) is 11.5. The molecule has 0 aromatic rings. The van der Waals surface area contributed by atoms with Crippen LogP contribution in [-0.2, 0) is 19.2 Å². The Balaban J connectivity index is 1.63. The Bertz CT molecular complexity index is 681. The third-order valence-corrected chi connectivity index (χ3v) is 6.58. The Labute approximate surface area is 182 Å². The van der Waals surface area contributed by atoms with Crippen molar-refractivity contribution in [1.29, 1.82) is 0 Å². The van der Waals surface area contributed by atoms with E-state index in [1.165, 1.54) is 0 Å². The standard InChI is InChI=1S/C21H35N5O5/c22-10-2-1-6-15(21(30)31)24-18(27)16-8-4-12-25(16)20(29)17-9-5-13-26(17)19(28)14-7-3-11-23-14/h14-17,23H,1-13,22H2,(H,24,27)(H,30,31). The molecule has 0 spiro atoms. The summed E-state index contributed by atoms with van der Waals surface area (Å²) in [5, 5.41) is 15.2. The van der Waals surface area contributed by atoms with Crippen LogP contribution in [0.3, 0.4) is 0 Å². The first-order chi connectivity index (χ1) is 14.9. The third-order valence-electron chi connectivity index (χ3n) is 6.58. The molecule has 0 aromatic carbocycles. The highest BCUT2D eigenvalue weighted by molar-refractivity contribution is 5.94. The summed E-state index contributed by atoms with van der Waals surface area (Å²) in [5.41, 5.74) is 5.46. The lowest BCUT2D eigenvalue weighted by molar-refractivity contribution is -0.148. The van der Waals surface area contributed by atoms with Gasteiger partial charge in [0.05, 0.1) is 6.04 Å². The van der Waals surface area contributed by atoms with Crippen LogP contribution in [0, 0.1) is 0 Å². The molecule has 10 heteroatoms. The monoisotopic (exact) mass is 437 g/mol. The molecule has 5 N–H and O–H groups in total. The van der Waals surface area contributed by atoms with Gasteiger partial charge in [0.2, 0.25) is 17.7 Å². The van der Waals surface area contributed by atoms with Crippen molar-refractivity contribution in [2.24, 2.45) is 5.73 Å². The zero-order valence-corrected chi connectivity index (χ0v) is 18.1. The van der Waals surface area contributed by atoms with Gasteiger partial charge >= 0.3 is 5.97 Å². The summed E-state index contributed by atoms with van der Waals surface area (Å²) in [5.74, 6) is -1.74. The fraction of sp³-hybridized carbons (Fsp3) is 0.810. The van der Waals surface area contributed by atoms with Crippen molar-refractivity contribution >= 4 is 23.7 Å². The number of carboxylic acid groups (broad SMARTS) is 1. The zero-order chi connectivity index (χ0) is 22.4. The summed E-state index contributed by atoms with van der Waals surface area (Å²) in [7, 11) is 0. The quantitative estimate of drug-likeness (QED) is 0.353. The van der Waals surface area contributed by atoms with Crippen LogP contribution in [-0.4, -0.2) is 88.9 Å². The second-order valence-electron chi connectivity index (χ2n) is 8.71. The van der Waals surface area contributed by atoms with Crippen LogP contribution in [0.25, 0.3) is 0 Å². The van der Waals surface area contributed by atoms with Crippen molar-refractivity contribution in [3.05, 3.63) is 0 Å². The van der Waals surface area contributed by atoms with E-state index in [2.05, 4.69) is 10.6 Å². The summed E-state index contributed by atoms with van der Waals surface area (Å²) in [6, 6.07) is -2.44. The number of likely N-dealkylation sites (tertiary alicyclic amines) is 2. The van der Waals surface area contributed by atoms with Gasteiger partial charge in [0, 0.05) is 13.1 Å². The van der Waals surface area contributed by atoms with Gasteiger partial charge in [0.1, 0.15) is 18.1 Å². The van der Waals surface area contributed by atoms with Crippen LogP contribution in [0.4, 0.5) is 0 Å². The van der Waals surface area contributed by atoms with Crippen LogP contribution in [0.1, 0.15) is 57.8 Å². The van der Waals surface area contributed by atoms with E-state index in [1.807, 2.05) is 0 Å². The molecule has 31 heavy (non-hydrogen) atoms. The topological polar surface area (TPSA) is 145 Å². The number of rotatable bonds is 9. The van der Waals surface area contributed by atoms with Crippen molar-refractivity contribution in [3.8, 4) is 0 Å². The Morgan fingerprint density at radius 3 is 2.26 bits per heavy atom. The van der Waals surface area contributed by atoms with E-state index in [4.69, 9.17) is 5.73 Å². The number of carboxylic acids is 1. The fourth-order valence-corrected chi connectivity index (χ4v) is 4.90. The highest BCUT2D eigenvalue weighted by Gasteiger charge is 2.43. The zero-order valence-electron chi connectivity index (χ0n) is 18.1. The third kappa shape index (κ3) is 5.54. The van der Waals surface area contributed by atoms with Crippen molar-refractivity contribution in [1.82, 2.24) is 20.4 Å². The molecule has 10 nitrogen and oxygen atoms in total. The smallest absolute Gasteiger partial charge is 0.326 e. The van der Waals surface area contributed by atoms with Crippen LogP contribution < -0.4 is 16.4 Å². The van der Waals surface area contributed by atoms with Crippen LogP contribution in [0.15, 0.2) is 0 Å². The van der Waals surface area contributed by atoms with Crippen LogP contribution in [0.2, 0.25) is 0 Å². The molecule has 0 bridgehead atoms. The molecule has 3 aliphatic rings. The lowest BCUT2D eigenvalue weighted by Gasteiger charge is -2.32. The predicted octanol–water partition coefficient (Wildman–Crippen LogP) is -0.581. The van der Waals surface area contributed by atoms with Gasteiger partial charge < -0.3 is 31.3 Å². The summed E-state index contributed by atoms with van der Waals surface area (Å²) < 4.78 is 0. The van der Waals surface area contributed by atoms with Gasteiger partial charge in [-0.15, -0.1) is 0 Å². The van der Waals surface area contributed by atoms with E-state index in [1.54, 1.807) is 9.80 Å². The van der Waals surface area contributed by atoms with Gasteiger partial charge in [-0.1, -0.05) is 0 Å². The molecule has 4 unspecified atom stereocenters. The van der Waals surface area contributed by atoms with Crippen molar-refractivity contribution in [2.45, 2.75) is 82.0 Å². The highest BCUT2D eigenvalue weighted by atomic mass is 16.4. The molecule has 3 saturated heterocycles. The number of hydrogen-bond acceptors (Lipinski definition) is 6. The molecule has 3 aliphatic heterocycles. The number of nitrogens with two attached hydrogens (primary N) is 1. The Hall–Kier alpha value is -2.20. The molecule has 0 radical (unpaired) electrons. The maximum absolute atomic E-state index is 13.3. The van der Waals surface area contributed by atoms with E-state index in [-0.39, 0.29) is 17.9 Å². The van der Waals surface area contributed by atoms with Crippen LogP contribution >= 0.6 is 0 Å². The minimum absolute atomic E-state index is 0.0283. The maximum atomic E-state index is 13.3. The van der Waals surface area contributed by atoms with Gasteiger partial charge in [0.15, 0.2) is 0 Å². The second kappa shape index (κ2) is 10.9. The molecular formula is C21H35N5O5. The molecule has 174 valence electrons. The van der Waals surface area contributed by atoms with Crippen molar-refractivity contribution < 1.29 is 24.3 Å². The van der Waals surface area contributed by atoms with Gasteiger partial charge in [-0.2, -0.15) is 0 Å². The van der Waals surface area contributed by atoms with E-state index < -0.39 is 30.0 Å². The second-order valence-corrected chi connectivity index (χ2v) is 8.71. The van der Waals surface area contributed by atoms with Gasteiger partial charge in [-0.3, -0.25) is 14.4 Å². The normalized spacial score (nSPS) is 26.8. The summed E-state index contributed by atoms with van der Waals surface area (Å²) in [6.45, 7) is 2.29. The van der Waals surface area contributed by atoms with E-state index in [9.17, 15) is 24.3 Å². The van der Waals surface area contributed by atoms with Gasteiger partial charge in [-0.05, 0) is 70.9 Å². The molecule has 3 heterocycles. The van der Waals surface area contributed by atoms with Crippen LogP contribution in [0.5, 0.6) is 0 Å². The minimum Gasteiger partial charge on any atom is -0.480 e. The lowest BCUT2D eigenvalue weighted by atomic mass is 10.1. The summed E-state index contributed by atoms with van der Waals surface area (Å²) in [4.78, 5) is 53.8. The van der Waals surface area contributed by atoms with E-state index in [0.29, 0.717) is 58.2 Å².